The van der Waals surface area contributed by atoms with Crippen molar-refractivity contribution in [3.8, 4) is 0 Å². The van der Waals surface area contributed by atoms with Crippen LogP contribution in [0.15, 0.2) is 52.3 Å². The molecule has 3 nitrogen and oxygen atoms in total. The molecule has 0 heterocycles. The summed E-state index contributed by atoms with van der Waals surface area (Å²) in [6, 6.07) is 12.9. The molecule has 0 saturated heterocycles. The lowest BCUT2D eigenvalue weighted by Gasteiger charge is -2.12. The Balaban J connectivity index is 1.94. The Labute approximate surface area is 129 Å². The molecule has 0 atom stereocenters. The molecule has 5 heteroatoms. The maximum Gasteiger partial charge on any atom is 0.261 e. The van der Waals surface area contributed by atoms with Gasteiger partial charge in [0.05, 0.1) is 10.6 Å². The first-order valence-corrected chi connectivity index (χ1v) is 9.58. The van der Waals surface area contributed by atoms with E-state index < -0.39 is 10.0 Å². The van der Waals surface area contributed by atoms with Gasteiger partial charge in [-0.05, 0) is 60.9 Å². The molecule has 0 fully saturated rings. The van der Waals surface area contributed by atoms with Crippen LogP contribution >= 0.6 is 11.8 Å². The topological polar surface area (TPSA) is 46.2 Å². The highest BCUT2D eigenvalue weighted by Gasteiger charge is 2.19. The van der Waals surface area contributed by atoms with Crippen LogP contribution < -0.4 is 4.72 Å². The Kier molecular flexibility index (Phi) is 3.95. The molecule has 0 radical (unpaired) electrons. The second-order valence-corrected chi connectivity index (χ2v) is 7.62. The number of sulfonamides is 1. The first kappa shape index (κ1) is 14.5. The largest absolute Gasteiger partial charge is 0.278 e. The minimum atomic E-state index is -3.53. The number of aryl methyl sites for hydroxylation is 2. The Hall–Kier alpha value is -1.46. The zero-order chi connectivity index (χ0) is 14.9. The first-order valence-electron chi connectivity index (χ1n) is 6.88. The number of fused-ring (bicyclic) bond motifs is 1. The van der Waals surface area contributed by atoms with Crippen molar-refractivity contribution in [1.82, 2.24) is 0 Å². The third-order valence-electron chi connectivity index (χ3n) is 3.73. The molecule has 110 valence electrons. The predicted octanol–water partition coefficient (Wildman–Crippen LogP) is 3.70. The maximum absolute atomic E-state index is 12.5. The van der Waals surface area contributed by atoms with Crippen LogP contribution in [-0.2, 0) is 22.9 Å². The van der Waals surface area contributed by atoms with E-state index in [-0.39, 0.29) is 0 Å². The average molecular weight is 319 g/mol. The van der Waals surface area contributed by atoms with E-state index in [0.29, 0.717) is 10.6 Å². The van der Waals surface area contributed by atoms with Gasteiger partial charge in [-0.25, -0.2) is 8.42 Å². The van der Waals surface area contributed by atoms with Crippen LogP contribution in [0.25, 0.3) is 0 Å². The van der Waals surface area contributed by atoms with Crippen LogP contribution in [0.1, 0.15) is 17.5 Å². The lowest BCUT2D eigenvalue weighted by atomic mass is 10.1. The van der Waals surface area contributed by atoms with Gasteiger partial charge in [0.15, 0.2) is 0 Å². The van der Waals surface area contributed by atoms with E-state index in [2.05, 4.69) is 4.72 Å². The normalized spacial score (nSPS) is 14.0. The highest BCUT2D eigenvalue weighted by atomic mass is 32.2. The summed E-state index contributed by atoms with van der Waals surface area (Å²) in [5.41, 5.74) is 3.07. The van der Waals surface area contributed by atoms with Gasteiger partial charge in [-0.1, -0.05) is 18.2 Å². The van der Waals surface area contributed by atoms with Crippen molar-refractivity contribution in [3.63, 3.8) is 0 Å². The van der Waals surface area contributed by atoms with Gasteiger partial charge in [0.2, 0.25) is 0 Å². The maximum atomic E-state index is 12.5. The quantitative estimate of drug-likeness (QED) is 0.874. The summed E-state index contributed by atoms with van der Waals surface area (Å²) >= 11 is 1.52. The van der Waals surface area contributed by atoms with E-state index in [9.17, 15) is 8.42 Å². The summed E-state index contributed by atoms with van der Waals surface area (Å²) in [6.07, 6.45) is 5.07. The van der Waals surface area contributed by atoms with E-state index in [1.165, 1.54) is 17.3 Å². The Morgan fingerprint density at radius 3 is 2.62 bits per heavy atom. The standard InChI is InChI=1S/C16H17NO2S2/c1-20-16-8-3-2-7-15(16)17-21(18,19)14-10-9-12-5-4-6-13(12)11-14/h2-3,7-11,17H,4-6H2,1H3. The fourth-order valence-corrected chi connectivity index (χ4v) is 4.40. The molecule has 0 unspecified atom stereocenters. The predicted molar refractivity (Wildman–Crippen MR) is 87.5 cm³/mol. The van der Waals surface area contributed by atoms with E-state index in [1.807, 2.05) is 36.6 Å². The smallest absolute Gasteiger partial charge is 0.261 e. The van der Waals surface area contributed by atoms with Gasteiger partial charge in [0, 0.05) is 4.90 Å². The molecule has 1 aliphatic rings. The molecule has 1 N–H and O–H groups in total. The molecular formula is C16H17NO2S2. The van der Waals surface area contributed by atoms with Crippen LogP contribution in [0, 0.1) is 0 Å². The number of anilines is 1. The van der Waals surface area contributed by atoms with Crippen molar-refractivity contribution in [1.29, 1.82) is 0 Å². The molecule has 2 aromatic carbocycles. The summed E-state index contributed by atoms with van der Waals surface area (Å²) in [7, 11) is -3.53. The van der Waals surface area contributed by atoms with E-state index >= 15 is 0 Å². The lowest BCUT2D eigenvalue weighted by molar-refractivity contribution is 0.601. The van der Waals surface area contributed by atoms with E-state index in [0.717, 1.165) is 29.7 Å². The number of rotatable bonds is 4. The van der Waals surface area contributed by atoms with Gasteiger partial charge in [-0.2, -0.15) is 0 Å². The van der Waals surface area contributed by atoms with Gasteiger partial charge < -0.3 is 0 Å². The van der Waals surface area contributed by atoms with Gasteiger partial charge in [-0.3, -0.25) is 4.72 Å². The molecule has 0 spiro atoms. The number of thioether (sulfide) groups is 1. The fourth-order valence-electron chi connectivity index (χ4n) is 2.65. The third-order valence-corrected chi connectivity index (χ3v) is 5.89. The number of benzene rings is 2. The number of nitrogens with one attached hydrogen (secondary N) is 1. The van der Waals surface area contributed by atoms with Gasteiger partial charge in [0.1, 0.15) is 0 Å². The Bertz CT molecular complexity index is 770. The lowest BCUT2D eigenvalue weighted by Crippen LogP contribution is -2.13. The SMILES string of the molecule is CSc1ccccc1NS(=O)(=O)c1ccc2c(c1)CCC2. The van der Waals surface area contributed by atoms with E-state index in [1.54, 1.807) is 12.1 Å². The zero-order valence-corrected chi connectivity index (χ0v) is 13.4. The summed E-state index contributed by atoms with van der Waals surface area (Å²) in [5, 5.41) is 0. The molecule has 0 aliphatic heterocycles. The first-order chi connectivity index (χ1) is 10.1. The molecule has 21 heavy (non-hydrogen) atoms. The highest BCUT2D eigenvalue weighted by molar-refractivity contribution is 7.99. The summed E-state index contributed by atoms with van der Waals surface area (Å²) in [4.78, 5) is 1.27. The van der Waals surface area contributed by atoms with Crippen molar-refractivity contribution in [3.05, 3.63) is 53.6 Å². The molecule has 2 aromatic rings. The Morgan fingerprint density at radius 2 is 1.81 bits per heavy atom. The summed E-state index contributed by atoms with van der Waals surface area (Å²) in [5.74, 6) is 0. The van der Waals surface area contributed by atoms with E-state index in [4.69, 9.17) is 0 Å². The number of hydrogen-bond donors (Lipinski definition) is 1. The van der Waals surface area contributed by atoms with Crippen LogP contribution in [-0.4, -0.2) is 14.7 Å². The van der Waals surface area contributed by atoms with Crippen LogP contribution in [0.4, 0.5) is 5.69 Å². The minimum Gasteiger partial charge on any atom is -0.278 e. The number of hydrogen-bond acceptors (Lipinski definition) is 3. The number of para-hydroxylation sites is 1. The van der Waals surface area contributed by atoms with Gasteiger partial charge in [0.25, 0.3) is 10.0 Å². The van der Waals surface area contributed by atoms with Crippen LogP contribution in [0.3, 0.4) is 0 Å². The second-order valence-electron chi connectivity index (χ2n) is 5.09. The van der Waals surface area contributed by atoms with Crippen molar-refractivity contribution in [2.75, 3.05) is 11.0 Å². The molecular weight excluding hydrogens is 302 g/mol. The Morgan fingerprint density at radius 1 is 1.05 bits per heavy atom. The average Bonchev–Trinajstić information content (AvgIpc) is 2.95. The molecule has 0 aromatic heterocycles. The molecule has 0 saturated carbocycles. The molecule has 1 aliphatic carbocycles. The summed E-state index contributed by atoms with van der Waals surface area (Å²) in [6.45, 7) is 0. The van der Waals surface area contributed by atoms with Crippen LogP contribution in [0.2, 0.25) is 0 Å². The monoisotopic (exact) mass is 319 g/mol. The minimum absolute atomic E-state index is 0.346. The highest BCUT2D eigenvalue weighted by Crippen LogP contribution is 2.29. The zero-order valence-electron chi connectivity index (χ0n) is 11.8. The molecule has 0 bridgehead atoms. The van der Waals surface area contributed by atoms with Crippen molar-refractivity contribution >= 4 is 27.5 Å². The third kappa shape index (κ3) is 2.94. The van der Waals surface area contributed by atoms with Gasteiger partial charge >= 0.3 is 0 Å². The van der Waals surface area contributed by atoms with Crippen molar-refractivity contribution < 1.29 is 8.42 Å². The van der Waals surface area contributed by atoms with Crippen molar-refractivity contribution in [2.45, 2.75) is 29.1 Å². The van der Waals surface area contributed by atoms with Crippen LogP contribution in [0.5, 0.6) is 0 Å². The van der Waals surface area contributed by atoms with Crippen molar-refractivity contribution in [2.24, 2.45) is 0 Å². The molecule has 0 amide bonds. The fraction of sp³-hybridized carbons (Fsp3) is 0.250. The summed E-state index contributed by atoms with van der Waals surface area (Å²) < 4.78 is 27.8. The molecule has 3 rings (SSSR count). The van der Waals surface area contributed by atoms with Gasteiger partial charge in [-0.15, -0.1) is 11.8 Å². The second kappa shape index (κ2) is 5.73.